The van der Waals surface area contributed by atoms with E-state index in [2.05, 4.69) is 34.1 Å². The minimum atomic E-state index is -0.185. The zero-order chi connectivity index (χ0) is 15.5. The lowest BCUT2D eigenvalue weighted by molar-refractivity contribution is 0.0674. The van der Waals surface area contributed by atoms with Crippen LogP contribution in [0.25, 0.3) is 11.3 Å². The summed E-state index contributed by atoms with van der Waals surface area (Å²) in [7, 11) is 4.06. The first-order valence-corrected chi connectivity index (χ1v) is 8.58. The van der Waals surface area contributed by atoms with E-state index in [1.165, 1.54) is 10.4 Å². The SMILES string of the molecule is CN(C)c1nc(-c2ccccc2)c(CN2CCCC(O)C2)s1. The van der Waals surface area contributed by atoms with E-state index in [-0.39, 0.29) is 6.10 Å². The molecule has 22 heavy (non-hydrogen) atoms. The summed E-state index contributed by atoms with van der Waals surface area (Å²) in [6.45, 7) is 2.69. The molecule has 118 valence electrons. The molecule has 2 aromatic rings. The molecule has 0 radical (unpaired) electrons. The fourth-order valence-electron chi connectivity index (χ4n) is 2.84. The van der Waals surface area contributed by atoms with Crippen molar-refractivity contribution >= 4 is 16.5 Å². The number of anilines is 1. The van der Waals surface area contributed by atoms with Crippen LogP contribution >= 0.6 is 11.3 Å². The third-order valence-corrected chi connectivity index (χ3v) is 5.17. The van der Waals surface area contributed by atoms with Gasteiger partial charge in [-0.2, -0.15) is 0 Å². The van der Waals surface area contributed by atoms with Gasteiger partial charge in [0, 0.05) is 37.6 Å². The van der Waals surface area contributed by atoms with Crippen LogP contribution in [0.2, 0.25) is 0 Å². The first-order valence-electron chi connectivity index (χ1n) is 7.76. The van der Waals surface area contributed by atoms with Crippen molar-refractivity contribution in [2.24, 2.45) is 0 Å². The van der Waals surface area contributed by atoms with Gasteiger partial charge in [-0.05, 0) is 19.4 Å². The minimum Gasteiger partial charge on any atom is -0.392 e. The maximum absolute atomic E-state index is 9.88. The number of β-amino-alcohol motifs (C(OH)–C–C–N with tert-alkyl or cyclic N) is 1. The number of rotatable bonds is 4. The average molecular weight is 317 g/mol. The van der Waals surface area contributed by atoms with Crippen LogP contribution in [0, 0.1) is 0 Å². The molecule has 0 amide bonds. The molecule has 1 fully saturated rings. The highest BCUT2D eigenvalue weighted by Crippen LogP contribution is 2.33. The lowest BCUT2D eigenvalue weighted by atomic mass is 10.1. The predicted molar refractivity (Wildman–Crippen MR) is 92.4 cm³/mol. The van der Waals surface area contributed by atoms with Crippen LogP contribution in [0.15, 0.2) is 30.3 Å². The number of aliphatic hydroxyl groups is 1. The van der Waals surface area contributed by atoms with Crippen molar-refractivity contribution in [1.82, 2.24) is 9.88 Å². The van der Waals surface area contributed by atoms with E-state index in [1.807, 2.05) is 20.2 Å². The molecule has 1 atom stereocenters. The standard InChI is InChI=1S/C17H23N3OS/c1-19(2)17-18-16(13-7-4-3-5-8-13)15(22-17)12-20-10-6-9-14(21)11-20/h3-5,7-8,14,21H,6,9-12H2,1-2H3. The van der Waals surface area contributed by atoms with Crippen LogP contribution in [-0.4, -0.2) is 48.3 Å². The van der Waals surface area contributed by atoms with Gasteiger partial charge in [-0.25, -0.2) is 4.98 Å². The molecular formula is C17H23N3OS. The molecule has 0 bridgehead atoms. The Morgan fingerprint density at radius 3 is 2.77 bits per heavy atom. The number of likely N-dealkylation sites (tertiary alicyclic amines) is 1. The summed E-state index contributed by atoms with van der Waals surface area (Å²) < 4.78 is 0. The Labute approximate surface area is 136 Å². The summed E-state index contributed by atoms with van der Waals surface area (Å²) in [6.07, 6.45) is 1.81. The molecule has 1 unspecified atom stereocenters. The van der Waals surface area contributed by atoms with Crippen LogP contribution in [0.5, 0.6) is 0 Å². The number of nitrogens with zero attached hydrogens (tertiary/aromatic N) is 3. The Morgan fingerprint density at radius 1 is 1.32 bits per heavy atom. The molecule has 0 spiro atoms. The molecule has 1 aromatic carbocycles. The van der Waals surface area contributed by atoms with E-state index in [9.17, 15) is 5.11 Å². The fraction of sp³-hybridized carbons (Fsp3) is 0.471. The van der Waals surface area contributed by atoms with Crippen LogP contribution in [0.3, 0.4) is 0 Å². The molecule has 3 rings (SSSR count). The zero-order valence-electron chi connectivity index (χ0n) is 13.2. The number of thiazole rings is 1. The monoisotopic (exact) mass is 317 g/mol. The molecule has 0 aliphatic carbocycles. The lowest BCUT2D eigenvalue weighted by Gasteiger charge is -2.29. The summed E-state index contributed by atoms with van der Waals surface area (Å²) in [6, 6.07) is 10.4. The summed E-state index contributed by atoms with van der Waals surface area (Å²) in [5.74, 6) is 0. The molecule has 1 aromatic heterocycles. The zero-order valence-corrected chi connectivity index (χ0v) is 14.0. The summed E-state index contributed by atoms with van der Waals surface area (Å²) in [5, 5.41) is 10.9. The number of benzene rings is 1. The van der Waals surface area contributed by atoms with Gasteiger partial charge in [-0.15, -0.1) is 0 Å². The van der Waals surface area contributed by atoms with Gasteiger partial charge in [0.2, 0.25) is 0 Å². The van der Waals surface area contributed by atoms with Gasteiger partial charge in [0.05, 0.1) is 11.8 Å². The Bertz CT molecular complexity index is 612. The topological polar surface area (TPSA) is 39.6 Å². The van der Waals surface area contributed by atoms with Gasteiger partial charge >= 0.3 is 0 Å². The van der Waals surface area contributed by atoms with Crippen LogP contribution in [0.1, 0.15) is 17.7 Å². The Morgan fingerprint density at radius 2 is 2.09 bits per heavy atom. The molecule has 5 heteroatoms. The molecular weight excluding hydrogens is 294 g/mol. The van der Waals surface area contributed by atoms with Crippen LogP contribution < -0.4 is 4.90 Å². The number of hydrogen-bond acceptors (Lipinski definition) is 5. The molecule has 1 N–H and O–H groups in total. The minimum absolute atomic E-state index is 0.185. The Kier molecular flexibility index (Phi) is 4.76. The second-order valence-electron chi connectivity index (χ2n) is 6.06. The molecule has 2 heterocycles. The first kappa shape index (κ1) is 15.5. The average Bonchev–Trinajstić information content (AvgIpc) is 2.92. The second-order valence-corrected chi connectivity index (χ2v) is 7.12. The summed E-state index contributed by atoms with van der Waals surface area (Å²) in [5.41, 5.74) is 2.24. The van der Waals surface area contributed by atoms with Gasteiger partial charge in [-0.1, -0.05) is 41.7 Å². The highest BCUT2D eigenvalue weighted by molar-refractivity contribution is 7.16. The quantitative estimate of drug-likeness (QED) is 0.941. The molecule has 1 saturated heterocycles. The van der Waals surface area contributed by atoms with Crippen molar-refractivity contribution in [1.29, 1.82) is 0 Å². The van der Waals surface area contributed by atoms with Crippen molar-refractivity contribution in [3.05, 3.63) is 35.2 Å². The highest BCUT2D eigenvalue weighted by Gasteiger charge is 2.21. The third-order valence-electron chi connectivity index (χ3n) is 3.96. The highest BCUT2D eigenvalue weighted by atomic mass is 32.1. The fourth-order valence-corrected chi connectivity index (χ4v) is 3.88. The number of piperidine rings is 1. The Hall–Kier alpha value is -1.43. The van der Waals surface area contributed by atoms with Gasteiger partial charge in [0.25, 0.3) is 0 Å². The van der Waals surface area contributed by atoms with E-state index in [4.69, 9.17) is 4.98 Å². The van der Waals surface area contributed by atoms with Crippen molar-refractivity contribution in [2.45, 2.75) is 25.5 Å². The van der Waals surface area contributed by atoms with E-state index >= 15 is 0 Å². The van der Waals surface area contributed by atoms with Crippen LogP contribution in [-0.2, 0) is 6.54 Å². The summed E-state index contributed by atoms with van der Waals surface area (Å²) >= 11 is 1.75. The molecule has 1 aliphatic heterocycles. The van der Waals surface area contributed by atoms with Crippen molar-refractivity contribution < 1.29 is 5.11 Å². The van der Waals surface area contributed by atoms with E-state index < -0.39 is 0 Å². The maximum atomic E-state index is 9.88. The molecule has 0 saturated carbocycles. The predicted octanol–water partition coefficient (Wildman–Crippen LogP) is 2.83. The number of hydrogen-bond donors (Lipinski definition) is 1. The van der Waals surface area contributed by atoms with Crippen molar-refractivity contribution in [3.63, 3.8) is 0 Å². The summed E-state index contributed by atoms with van der Waals surface area (Å²) in [4.78, 5) is 10.5. The molecule has 4 nitrogen and oxygen atoms in total. The largest absolute Gasteiger partial charge is 0.392 e. The second kappa shape index (κ2) is 6.77. The van der Waals surface area contributed by atoms with E-state index in [0.717, 1.165) is 43.3 Å². The third kappa shape index (κ3) is 3.48. The van der Waals surface area contributed by atoms with Crippen molar-refractivity contribution in [3.8, 4) is 11.3 Å². The Balaban J connectivity index is 1.88. The molecule has 1 aliphatic rings. The van der Waals surface area contributed by atoms with Gasteiger partial charge in [0.1, 0.15) is 0 Å². The normalized spacial score (nSPS) is 19.3. The van der Waals surface area contributed by atoms with Crippen LogP contribution in [0.4, 0.5) is 5.13 Å². The van der Waals surface area contributed by atoms with Gasteiger partial charge in [0.15, 0.2) is 5.13 Å². The number of aliphatic hydroxyl groups excluding tert-OH is 1. The van der Waals surface area contributed by atoms with E-state index in [1.54, 1.807) is 11.3 Å². The number of aromatic nitrogens is 1. The first-order chi connectivity index (χ1) is 10.6. The van der Waals surface area contributed by atoms with Crippen molar-refractivity contribution in [2.75, 3.05) is 32.1 Å². The smallest absolute Gasteiger partial charge is 0.185 e. The van der Waals surface area contributed by atoms with E-state index in [0.29, 0.717) is 0 Å². The lowest BCUT2D eigenvalue weighted by Crippen LogP contribution is -2.37. The maximum Gasteiger partial charge on any atom is 0.185 e. The van der Waals surface area contributed by atoms with Gasteiger partial charge < -0.3 is 10.0 Å². The van der Waals surface area contributed by atoms with Gasteiger partial charge in [-0.3, -0.25) is 4.90 Å².